The van der Waals surface area contributed by atoms with Crippen molar-refractivity contribution in [1.82, 2.24) is 9.97 Å². The SMILES string of the molecule is CNc1cc(NCC(F)(F)C(F)F)nc(C2CC2)n1. The molecule has 106 valence electrons. The summed E-state index contributed by atoms with van der Waals surface area (Å²) in [5.74, 6) is -2.69. The summed E-state index contributed by atoms with van der Waals surface area (Å²) in [6.45, 7) is -1.16. The van der Waals surface area contributed by atoms with Crippen LogP contribution in [0.25, 0.3) is 0 Å². The van der Waals surface area contributed by atoms with E-state index in [0.717, 1.165) is 12.8 Å². The van der Waals surface area contributed by atoms with Crippen LogP contribution in [0.5, 0.6) is 0 Å². The Labute approximate surface area is 107 Å². The zero-order chi connectivity index (χ0) is 14.0. The molecular formula is C11H14F4N4. The van der Waals surface area contributed by atoms with Gasteiger partial charge in [-0.05, 0) is 12.8 Å². The van der Waals surface area contributed by atoms with E-state index < -0.39 is 18.9 Å². The lowest BCUT2D eigenvalue weighted by molar-refractivity contribution is -0.117. The lowest BCUT2D eigenvalue weighted by Crippen LogP contribution is -2.35. The first-order valence-electron chi connectivity index (χ1n) is 5.89. The van der Waals surface area contributed by atoms with Crippen molar-refractivity contribution in [2.45, 2.75) is 31.1 Å². The fraction of sp³-hybridized carbons (Fsp3) is 0.636. The van der Waals surface area contributed by atoms with Gasteiger partial charge in [-0.1, -0.05) is 0 Å². The van der Waals surface area contributed by atoms with Crippen LogP contribution in [-0.4, -0.2) is 35.9 Å². The minimum Gasteiger partial charge on any atom is -0.373 e. The molecule has 0 bridgehead atoms. The predicted molar refractivity (Wildman–Crippen MR) is 63.0 cm³/mol. The third kappa shape index (κ3) is 3.45. The molecule has 0 radical (unpaired) electrons. The summed E-state index contributed by atoms with van der Waals surface area (Å²) in [5, 5.41) is 5.03. The molecule has 1 aromatic heterocycles. The molecule has 8 heteroatoms. The number of hydrogen-bond acceptors (Lipinski definition) is 4. The Morgan fingerprint density at radius 1 is 1.32 bits per heavy atom. The normalized spacial score (nSPS) is 15.7. The van der Waals surface area contributed by atoms with Gasteiger partial charge in [-0.25, -0.2) is 18.7 Å². The molecule has 1 aliphatic carbocycles. The third-order valence-electron chi connectivity index (χ3n) is 2.77. The number of anilines is 2. The fourth-order valence-corrected chi connectivity index (χ4v) is 1.49. The summed E-state index contributed by atoms with van der Waals surface area (Å²) in [4.78, 5) is 8.26. The molecule has 1 aliphatic rings. The van der Waals surface area contributed by atoms with Crippen molar-refractivity contribution in [2.75, 3.05) is 24.2 Å². The Bertz CT molecular complexity index is 448. The minimum absolute atomic E-state index is 0.126. The quantitative estimate of drug-likeness (QED) is 0.786. The number of halogens is 4. The van der Waals surface area contributed by atoms with Gasteiger partial charge in [0.1, 0.15) is 17.5 Å². The Kier molecular flexibility index (Phi) is 3.77. The number of rotatable bonds is 6. The molecule has 0 aromatic carbocycles. The van der Waals surface area contributed by atoms with E-state index >= 15 is 0 Å². The van der Waals surface area contributed by atoms with Crippen LogP contribution >= 0.6 is 0 Å². The van der Waals surface area contributed by atoms with Crippen LogP contribution in [0.2, 0.25) is 0 Å². The molecule has 1 aromatic rings. The summed E-state index contributed by atoms with van der Waals surface area (Å²) in [6, 6.07) is 1.41. The zero-order valence-electron chi connectivity index (χ0n) is 10.3. The maximum Gasteiger partial charge on any atom is 0.324 e. The van der Waals surface area contributed by atoms with Gasteiger partial charge in [0.25, 0.3) is 0 Å². The van der Waals surface area contributed by atoms with Crippen LogP contribution in [0, 0.1) is 0 Å². The van der Waals surface area contributed by atoms with Crippen LogP contribution in [0.15, 0.2) is 6.07 Å². The molecule has 2 N–H and O–H groups in total. The summed E-state index contributed by atoms with van der Waals surface area (Å²) in [6.07, 6.45) is -1.78. The standard InChI is InChI=1S/C11H14F4N4/c1-16-7-4-8(17-5-11(14,15)10(12)13)19-9(18-7)6-2-3-6/h4,6,10H,2-3,5H2,1H3,(H2,16,17,18,19). The number of nitrogens with one attached hydrogen (secondary N) is 2. The lowest BCUT2D eigenvalue weighted by atomic mass is 10.3. The number of nitrogens with zero attached hydrogens (tertiary/aromatic N) is 2. The van der Waals surface area contributed by atoms with Crippen molar-refractivity contribution in [2.24, 2.45) is 0 Å². The Morgan fingerprint density at radius 3 is 2.47 bits per heavy atom. The van der Waals surface area contributed by atoms with Crippen molar-refractivity contribution in [3.05, 3.63) is 11.9 Å². The molecule has 0 aliphatic heterocycles. The van der Waals surface area contributed by atoms with E-state index in [9.17, 15) is 17.6 Å². The summed E-state index contributed by atoms with van der Waals surface area (Å²) < 4.78 is 49.7. The average molecular weight is 278 g/mol. The van der Waals surface area contributed by atoms with Gasteiger partial charge in [-0.3, -0.25) is 0 Å². The molecule has 0 saturated heterocycles. The Morgan fingerprint density at radius 2 is 1.95 bits per heavy atom. The first-order valence-corrected chi connectivity index (χ1v) is 5.89. The maximum atomic E-state index is 12.8. The molecule has 1 saturated carbocycles. The van der Waals surface area contributed by atoms with E-state index in [0.29, 0.717) is 11.6 Å². The van der Waals surface area contributed by atoms with E-state index in [1.54, 1.807) is 7.05 Å². The van der Waals surface area contributed by atoms with Crippen molar-refractivity contribution >= 4 is 11.6 Å². The van der Waals surface area contributed by atoms with Crippen molar-refractivity contribution in [3.8, 4) is 0 Å². The van der Waals surface area contributed by atoms with Crippen LogP contribution in [0.4, 0.5) is 29.2 Å². The second kappa shape index (κ2) is 5.18. The van der Waals surface area contributed by atoms with Gasteiger partial charge in [-0.15, -0.1) is 0 Å². The molecule has 19 heavy (non-hydrogen) atoms. The first kappa shape index (κ1) is 13.8. The van der Waals surface area contributed by atoms with Crippen molar-refractivity contribution in [1.29, 1.82) is 0 Å². The number of alkyl halides is 4. The molecule has 2 rings (SSSR count). The fourth-order valence-electron chi connectivity index (χ4n) is 1.49. The molecule has 0 atom stereocenters. The molecular weight excluding hydrogens is 264 g/mol. The highest BCUT2D eigenvalue weighted by Crippen LogP contribution is 2.38. The predicted octanol–water partition coefficient (Wildman–Crippen LogP) is 2.71. The van der Waals surface area contributed by atoms with E-state index in [-0.39, 0.29) is 11.7 Å². The zero-order valence-corrected chi connectivity index (χ0v) is 10.3. The first-order chi connectivity index (χ1) is 8.92. The van der Waals surface area contributed by atoms with Gasteiger partial charge in [0.2, 0.25) is 0 Å². The van der Waals surface area contributed by atoms with Crippen LogP contribution in [0.3, 0.4) is 0 Å². The minimum atomic E-state index is -4.08. The van der Waals surface area contributed by atoms with Crippen LogP contribution in [-0.2, 0) is 0 Å². The molecule has 4 nitrogen and oxygen atoms in total. The van der Waals surface area contributed by atoms with Gasteiger partial charge in [0.15, 0.2) is 0 Å². The van der Waals surface area contributed by atoms with E-state index in [1.165, 1.54) is 6.07 Å². The molecule has 0 spiro atoms. The van der Waals surface area contributed by atoms with Crippen molar-refractivity contribution < 1.29 is 17.6 Å². The lowest BCUT2D eigenvalue weighted by Gasteiger charge is -2.16. The van der Waals surface area contributed by atoms with Gasteiger partial charge in [0.05, 0.1) is 6.54 Å². The maximum absolute atomic E-state index is 12.8. The molecule has 0 unspecified atom stereocenters. The second-order valence-electron chi connectivity index (χ2n) is 4.44. The summed E-state index contributed by atoms with van der Waals surface area (Å²) in [7, 11) is 1.64. The van der Waals surface area contributed by atoms with Gasteiger partial charge >= 0.3 is 12.3 Å². The second-order valence-corrected chi connectivity index (χ2v) is 4.44. The van der Waals surface area contributed by atoms with Gasteiger partial charge < -0.3 is 10.6 Å². The molecule has 0 amide bonds. The van der Waals surface area contributed by atoms with Crippen molar-refractivity contribution in [3.63, 3.8) is 0 Å². The largest absolute Gasteiger partial charge is 0.373 e. The van der Waals surface area contributed by atoms with Crippen LogP contribution < -0.4 is 10.6 Å². The Hall–Kier alpha value is -1.60. The number of hydrogen-bond donors (Lipinski definition) is 2. The summed E-state index contributed by atoms with van der Waals surface area (Å²) >= 11 is 0. The number of aromatic nitrogens is 2. The molecule has 1 heterocycles. The highest BCUT2D eigenvalue weighted by Gasteiger charge is 2.40. The highest BCUT2D eigenvalue weighted by atomic mass is 19.3. The van der Waals surface area contributed by atoms with Gasteiger partial charge in [0, 0.05) is 19.0 Å². The van der Waals surface area contributed by atoms with E-state index in [4.69, 9.17) is 0 Å². The summed E-state index contributed by atoms with van der Waals surface area (Å²) in [5.41, 5.74) is 0. The van der Waals surface area contributed by atoms with E-state index in [1.807, 2.05) is 0 Å². The topological polar surface area (TPSA) is 49.8 Å². The van der Waals surface area contributed by atoms with Crippen LogP contribution in [0.1, 0.15) is 24.6 Å². The average Bonchev–Trinajstić information content (AvgIpc) is 3.20. The monoisotopic (exact) mass is 278 g/mol. The third-order valence-corrected chi connectivity index (χ3v) is 2.77. The van der Waals surface area contributed by atoms with Gasteiger partial charge in [-0.2, -0.15) is 8.78 Å². The molecule has 1 fully saturated rings. The van der Waals surface area contributed by atoms with E-state index in [2.05, 4.69) is 20.6 Å². The smallest absolute Gasteiger partial charge is 0.324 e. The highest BCUT2D eigenvalue weighted by molar-refractivity contribution is 5.48. The Balaban J connectivity index is 2.09.